The van der Waals surface area contributed by atoms with E-state index in [2.05, 4.69) is 20.4 Å². The number of H-pyrrole nitrogens is 2. The van der Waals surface area contributed by atoms with Crippen LogP contribution in [-0.2, 0) is 9.47 Å². The molecule has 0 aliphatic heterocycles. The van der Waals surface area contributed by atoms with Crippen molar-refractivity contribution in [2.45, 2.75) is 6.29 Å². The minimum atomic E-state index is -1.03. The molecule has 0 saturated carbocycles. The summed E-state index contributed by atoms with van der Waals surface area (Å²) in [7, 11) is 2.82. The van der Waals surface area contributed by atoms with E-state index in [0.29, 0.717) is 22.4 Å². The van der Waals surface area contributed by atoms with Crippen LogP contribution < -0.4 is 0 Å². The number of hydrogen-bond acceptors (Lipinski definition) is 6. The second-order valence-electron chi connectivity index (χ2n) is 8.13. The summed E-state index contributed by atoms with van der Waals surface area (Å²) in [5.74, 6) is -0.405. The normalized spacial score (nSPS) is 11.9. The standard InChI is InChI=1S/C28H24N4O4/c1-35-27(33)21-12-5-3-10-19(21)25-15-23(29-31-25)17-8-7-9-18(14-17)24-16-26(32-30-24)20-11-4-6-13-22(20)28(34)36-2/h3-16,27,33H,1-2H3,(H,29,31)(H,30,32). The number of hydrogen-bond donors (Lipinski definition) is 3. The zero-order valence-electron chi connectivity index (χ0n) is 19.7. The van der Waals surface area contributed by atoms with Crippen LogP contribution >= 0.6 is 0 Å². The predicted octanol–water partition coefficient (Wildman–Crippen LogP) is 5.22. The van der Waals surface area contributed by atoms with Crippen LogP contribution in [0, 0.1) is 0 Å². The first-order chi connectivity index (χ1) is 17.6. The Hall–Kier alpha value is -4.53. The molecule has 2 heterocycles. The van der Waals surface area contributed by atoms with Crippen LogP contribution in [0.3, 0.4) is 0 Å². The Morgan fingerprint density at radius 3 is 2.00 bits per heavy atom. The molecule has 180 valence electrons. The lowest BCUT2D eigenvalue weighted by Crippen LogP contribution is -2.03. The van der Waals surface area contributed by atoms with E-state index in [9.17, 15) is 9.90 Å². The van der Waals surface area contributed by atoms with Gasteiger partial charge in [-0.3, -0.25) is 10.2 Å². The van der Waals surface area contributed by atoms with Crippen molar-refractivity contribution < 1.29 is 19.4 Å². The van der Waals surface area contributed by atoms with Gasteiger partial charge in [0.25, 0.3) is 0 Å². The molecule has 5 aromatic rings. The van der Waals surface area contributed by atoms with Crippen LogP contribution in [0.2, 0.25) is 0 Å². The highest BCUT2D eigenvalue weighted by molar-refractivity contribution is 5.97. The minimum absolute atomic E-state index is 0.405. The number of nitrogens with one attached hydrogen (secondary N) is 2. The van der Waals surface area contributed by atoms with E-state index < -0.39 is 12.3 Å². The fourth-order valence-corrected chi connectivity index (χ4v) is 4.14. The van der Waals surface area contributed by atoms with E-state index in [1.807, 2.05) is 72.8 Å². The maximum atomic E-state index is 12.2. The Morgan fingerprint density at radius 2 is 1.36 bits per heavy atom. The van der Waals surface area contributed by atoms with Gasteiger partial charge in [-0.2, -0.15) is 10.2 Å². The van der Waals surface area contributed by atoms with Gasteiger partial charge < -0.3 is 14.6 Å². The first-order valence-corrected chi connectivity index (χ1v) is 11.3. The molecular formula is C28H24N4O4. The van der Waals surface area contributed by atoms with Gasteiger partial charge in [0.1, 0.15) is 0 Å². The third-order valence-electron chi connectivity index (χ3n) is 5.97. The number of esters is 1. The second-order valence-corrected chi connectivity index (χ2v) is 8.13. The van der Waals surface area contributed by atoms with Crippen LogP contribution in [-0.4, -0.2) is 45.7 Å². The quantitative estimate of drug-likeness (QED) is 0.217. The lowest BCUT2D eigenvalue weighted by Gasteiger charge is -2.12. The average Bonchev–Trinajstić information content (AvgIpc) is 3.63. The fraction of sp³-hybridized carbons (Fsp3) is 0.107. The van der Waals surface area contributed by atoms with Crippen molar-refractivity contribution in [2.75, 3.05) is 14.2 Å². The molecule has 1 unspecified atom stereocenters. The SMILES string of the molecule is COC(=O)c1ccccc1-c1cc(-c2cccc(-c3cc(-c4ccccc4C(O)OC)[nH]n3)c2)n[nH]1. The summed E-state index contributed by atoms with van der Waals surface area (Å²) in [4.78, 5) is 12.2. The highest BCUT2D eigenvalue weighted by Crippen LogP contribution is 2.32. The third kappa shape index (κ3) is 4.43. The number of ether oxygens (including phenoxy) is 2. The molecule has 8 nitrogen and oxygen atoms in total. The molecule has 0 spiro atoms. The molecule has 5 rings (SSSR count). The molecule has 36 heavy (non-hydrogen) atoms. The van der Waals surface area contributed by atoms with Crippen molar-refractivity contribution in [1.82, 2.24) is 20.4 Å². The Bertz CT molecular complexity index is 1520. The van der Waals surface area contributed by atoms with Gasteiger partial charge in [0.05, 0.1) is 35.4 Å². The van der Waals surface area contributed by atoms with Crippen LogP contribution in [0.15, 0.2) is 84.9 Å². The van der Waals surface area contributed by atoms with Gasteiger partial charge in [0.15, 0.2) is 6.29 Å². The van der Waals surface area contributed by atoms with Gasteiger partial charge in [-0.15, -0.1) is 0 Å². The Kier molecular flexibility index (Phi) is 6.44. The molecule has 3 aromatic carbocycles. The number of methoxy groups -OCH3 is 2. The molecule has 0 bridgehead atoms. The van der Waals surface area contributed by atoms with Crippen molar-refractivity contribution in [3.63, 3.8) is 0 Å². The highest BCUT2D eigenvalue weighted by Gasteiger charge is 2.17. The van der Waals surface area contributed by atoms with E-state index in [-0.39, 0.29) is 0 Å². The molecule has 1 atom stereocenters. The molecule has 2 aromatic heterocycles. The van der Waals surface area contributed by atoms with Crippen molar-refractivity contribution in [3.8, 4) is 45.0 Å². The van der Waals surface area contributed by atoms with Gasteiger partial charge in [-0.1, -0.05) is 60.7 Å². The predicted molar refractivity (Wildman–Crippen MR) is 136 cm³/mol. The van der Waals surface area contributed by atoms with E-state index in [1.165, 1.54) is 14.2 Å². The van der Waals surface area contributed by atoms with Crippen LogP contribution in [0.25, 0.3) is 45.0 Å². The summed E-state index contributed by atoms with van der Waals surface area (Å²) < 4.78 is 10.0. The maximum Gasteiger partial charge on any atom is 0.338 e. The molecular weight excluding hydrogens is 456 g/mol. The molecule has 0 fully saturated rings. The first kappa shape index (κ1) is 23.2. The monoisotopic (exact) mass is 480 g/mol. The van der Waals surface area contributed by atoms with Crippen molar-refractivity contribution in [2.24, 2.45) is 0 Å². The van der Waals surface area contributed by atoms with Gasteiger partial charge >= 0.3 is 5.97 Å². The Labute approximate surface area is 207 Å². The largest absolute Gasteiger partial charge is 0.465 e. The van der Waals surface area contributed by atoms with Crippen LogP contribution in [0.4, 0.5) is 0 Å². The number of aromatic nitrogens is 4. The fourth-order valence-electron chi connectivity index (χ4n) is 4.14. The van der Waals surface area contributed by atoms with Gasteiger partial charge in [0.2, 0.25) is 0 Å². The van der Waals surface area contributed by atoms with Crippen molar-refractivity contribution in [3.05, 3.63) is 96.1 Å². The number of rotatable bonds is 7. The van der Waals surface area contributed by atoms with E-state index in [0.717, 1.165) is 33.8 Å². The van der Waals surface area contributed by atoms with Crippen LogP contribution in [0.1, 0.15) is 22.2 Å². The number of benzene rings is 3. The first-order valence-electron chi connectivity index (χ1n) is 11.3. The third-order valence-corrected chi connectivity index (χ3v) is 5.97. The number of carbonyl (C=O) groups excluding carboxylic acids is 1. The van der Waals surface area contributed by atoms with Gasteiger partial charge in [-0.25, -0.2) is 4.79 Å². The molecule has 0 saturated heterocycles. The number of carbonyl (C=O) groups is 1. The van der Waals surface area contributed by atoms with E-state index >= 15 is 0 Å². The second kappa shape index (κ2) is 9.99. The summed E-state index contributed by atoms with van der Waals surface area (Å²) in [5, 5.41) is 25.3. The zero-order valence-corrected chi connectivity index (χ0v) is 19.7. The molecule has 0 radical (unpaired) electrons. The minimum Gasteiger partial charge on any atom is -0.465 e. The number of aliphatic hydroxyl groups excluding tert-OH is 1. The summed E-state index contributed by atoms with van der Waals surface area (Å²) in [6.07, 6.45) is -1.03. The summed E-state index contributed by atoms with van der Waals surface area (Å²) >= 11 is 0. The molecule has 8 heteroatoms. The summed E-state index contributed by atoms with van der Waals surface area (Å²) in [6, 6.07) is 26.4. The Balaban J connectivity index is 1.46. The molecule has 0 aliphatic rings. The summed E-state index contributed by atoms with van der Waals surface area (Å²) in [6.45, 7) is 0. The highest BCUT2D eigenvalue weighted by atomic mass is 16.6. The molecule has 0 aliphatic carbocycles. The van der Waals surface area contributed by atoms with Gasteiger partial charge in [0, 0.05) is 34.9 Å². The van der Waals surface area contributed by atoms with E-state index in [4.69, 9.17) is 9.47 Å². The topological polar surface area (TPSA) is 113 Å². The lowest BCUT2D eigenvalue weighted by atomic mass is 10.0. The van der Waals surface area contributed by atoms with Crippen molar-refractivity contribution >= 4 is 5.97 Å². The molecule has 0 amide bonds. The lowest BCUT2D eigenvalue weighted by molar-refractivity contribution is -0.0765. The van der Waals surface area contributed by atoms with Crippen LogP contribution in [0.5, 0.6) is 0 Å². The molecule has 3 N–H and O–H groups in total. The zero-order chi connectivity index (χ0) is 25.1. The van der Waals surface area contributed by atoms with E-state index in [1.54, 1.807) is 12.1 Å². The number of aromatic amines is 2. The summed E-state index contributed by atoms with van der Waals surface area (Å²) in [5.41, 5.74) is 7.40. The Morgan fingerprint density at radius 1 is 0.778 bits per heavy atom. The van der Waals surface area contributed by atoms with Gasteiger partial charge in [-0.05, 0) is 24.3 Å². The number of aliphatic hydroxyl groups is 1. The smallest absolute Gasteiger partial charge is 0.338 e. The van der Waals surface area contributed by atoms with Crippen molar-refractivity contribution in [1.29, 1.82) is 0 Å². The average molecular weight is 481 g/mol. The number of nitrogens with zero attached hydrogens (tertiary/aromatic N) is 2. The maximum absolute atomic E-state index is 12.2.